The third-order valence-corrected chi connectivity index (χ3v) is 10.0. The lowest BCUT2D eigenvalue weighted by atomic mass is 9.82. The zero-order valence-electron chi connectivity index (χ0n) is 20.9. The van der Waals surface area contributed by atoms with E-state index in [0.29, 0.717) is 28.4 Å². The zero-order chi connectivity index (χ0) is 26.4. The number of halogens is 1. The number of hydrogen-bond donors (Lipinski definition) is 4. The van der Waals surface area contributed by atoms with Crippen LogP contribution in [0.25, 0.3) is 0 Å². The first-order valence-corrected chi connectivity index (χ1v) is 15.5. The molecule has 1 fully saturated rings. The molecule has 36 heavy (non-hydrogen) atoms. The van der Waals surface area contributed by atoms with Gasteiger partial charge in [-0.05, 0) is 62.3 Å². The number of carbonyl (C=O) groups excluding carboxylic acids is 2. The molecular weight excluding hydrogens is 500 g/mol. The third kappa shape index (κ3) is 4.60. The topological polar surface area (TPSA) is 119 Å². The van der Waals surface area contributed by atoms with E-state index in [1.165, 1.54) is 6.92 Å². The first-order chi connectivity index (χ1) is 16.9. The molecule has 0 bridgehead atoms. The number of fused-ring (bicyclic) bond motifs is 2. The number of rotatable bonds is 7. The Kier molecular flexibility index (Phi) is 7.35. The minimum Gasteiger partial charge on any atom is -0.432 e. The lowest BCUT2D eigenvalue weighted by Gasteiger charge is -2.32. The lowest BCUT2D eigenvalue weighted by Crippen LogP contribution is -2.46. The maximum atomic E-state index is 14.2. The summed E-state index contributed by atoms with van der Waals surface area (Å²) in [6.07, 6.45) is -1.29. The Balaban J connectivity index is 1.74. The number of aliphatic hydroxyl groups is 2. The van der Waals surface area contributed by atoms with E-state index in [1.54, 1.807) is 41.3 Å². The number of carbonyl (C=O) groups is 2. The summed E-state index contributed by atoms with van der Waals surface area (Å²) in [5.41, 5.74) is 1.04. The smallest absolute Gasteiger partial charge is 0.264 e. The molecule has 1 saturated heterocycles. The van der Waals surface area contributed by atoms with Crippen molar-refractivity contribution in [2.24, 2.45) is 5.92 Å². The van der Waals surface area contributed by atoms with E-state index in [0.717, 1.165) is 5.56 Å². The van der Waals surface area contributed by atoms with Gasteiger partial charge in [0.25, 0.3) is 11.8 Å². The van der Waals surface area contributed by atoms with Gasteiger partial charge in [-0.1, -0.05) is 30.7 Å². The van der Waals surface area contributed by atoms with Crippen LogP contribution in [0.4, 0.5) is 11.4 Å². The summed E-state index contributed by atoms with van der Waals surface area (Å²) in [5, 5.41) is 22.3. The third-order valence-electron chi connectivity index (χ3n) is 7.27. The van der Waals surface area contributed by atoms with Gasteiger partial charge in [0.05, 0.1) is 18.3 Å². The van der Waals surface area contributed by atoms with Crippen LogP contribution in [0.5, 0.6) is 0 Å². The molecule has 0 aliphatic carbocycles. The highest BCUT2D eigenvalue weighted by Gasteiger charge is 2.66. The monoisotopic (exact) mass is 532 g/mol. The molecule has 2 amide bonds. The average Bonchev–Trinajstić information content (AvgIpc) is 3.21. The van der Waals surface area contributed by atoms with Gasteiger partial charge in [0.2, 0.25) is 0 Å². The predicted molar refractivity (Wildman–Crippen MR) is 140 cm³/mol. The fraction of sp³-hybridized carbons (Fsp3) is 0.462. The number of amides is 2. The van der Waals surface area contributed by atoms with Crippen molar-refractivity contribution < 1.29 is 29.3 Å². The first kappa shape index (κ1) is 26.8. The largest absolute Gasteiger partial charge is 0.432 e. The molecule has 2 heterocycles. The maximum absolute atomic E-state index is 14.2. The van der Waals surface area contributed by atoms with Gasteiger partial charge < -0.3 is 30.0 Å². The molecule has 2 aromatic carbocycles. The number of hydrogen-bond acceptors (Lipinski definition) is 6. The van der Waals surface area contributed by atoms with Crippen molar-refractivity contribution in [1.29, 1.82) is 0 Å². The van der Waals surface area contributed by atoms with Gasteiger partial charge in [-0.3, -0.25) is 9.59 Å². The Hall–Kier alpha value is -2.27. The summed E-state index contributed by atoms with van der Waals surface area (Å²) in [6.45, 7) is 7.11. The molecule has 0 radical (unpaired) electrons. The number of aliphatic hydroxyl groups excluding tert-OH is 2. The van der Waals surface area contributed by atoms with Crippen LogP contribution in [-0.2, 0) is 26.5 Å². The molecule has 2 aromatic rings. The molecule has 0 saturated carbocycles. The van der Waals surface area contributed by atoms with Crippen LogP contribution in [0.3, 0.4) is 0 Å². The average molecular weight is 533 g/mol. The molecule has 1 spiro atoms. The summed E-state index contributed by atoms with van der Waals surface area (Å²) in [4.78, 5) is 38.9. The van der Waals surface area contributed by atoms with E-state index in [1.807, 2.05) is 26.1 Å². The van der Waals surface area contributed by atoms with Crippen LogP contribution in [0.15, 0.2) is 42.5 Å². The minimum absolute atomic E-state index is 0.111. The summed E-state index contributed by atoms with van der Waals surface area (Å²) < 4.78 is 6.55. The van der Waals surface area contributed by atoms with Gasteiger partial charge in [-0.2, -0.15) is 0 Å². The van der Waals surface area contributed by atoms with Crippen LogP contribution in [0.1, 0.15) is 31.4 Å². The molecule has 5 atom stereocenters. The van der Waals surface area contributed by atoms with Gasteiger partial charge in [-0.15, -0.1) is 0 Å². The predicted octanol–water partition coefficient (Wildman–Crippen LogP) is 3.39. The maximum Gasteiger partial charge on any atom is 0.264 e. The van der Waals surface area contributed by atoms with Crippen molar-refractivity contribution in [3.63, 3.8) is 0 Å². The van der Waals surface area contributed by atoms with Gasteiger partial charge in [0, 0.05) is 34.3 Å². The van der Waals surface area contributed by atoms with E-state index in [4.69, 9.17) is 16.3 Å². The zero-order valence-corrected chi connectivity index (χ0v) is 22.6. The SMILES string of the molecule is C[C@H](O)C(=O)Nc1cccc(CN2C(=O)[C@@]3(O[C@@H](CCO)[C@H]([Si](C)(C)O)[C@H]3C)c3cc(Cl)ccc32)c1. The summed E-state index contributed by atoms with van der Waals surface area (Å²) >= 11 is 6.38. The molecule has 4 rings (SSSR count). The van der Waals surface area contributed by atoms with Crippen molar-refractivity contribution in [2.75, 3.05) is 16.8 Å². The Morgan fingerprint density at radius 1 is 1.28 bits per heavy atom. The molecule has 2 aliphatic heterocycles. The van der Waals surface area contributed by atoms with Crippen LogP contribution in [0, 0.1) is 5.92 Å². The van der Waals surface area contributed by atoms with Crippen LogP contribution < -0.4 is 10.2 Å². The van der Waals surface area contributed by atoms with E-state index in [-0.39, 0.29) is 30.5 Å². The molecule has 0 unspecified atom stereocenters. The van der Waals surface area contributed by atoms with Crippen LogP contribution in [0.2, 0.25) is 23.7 Å². The summed E-state index contributed by atoms with van der Waals surface area (Å²) in [5.74, 6) is -1.10. The Morgan fingerprint density at radius 2 is 2.00 bits per heavy atom. The van der Waals surface area contributed by atoms with E-state index < -0.39 is 32.0 Å². The quantitative estimate of drug-likeness (QED) is 0.406. The van der Waals surface area contributed by atoms with Crippen molar-refractivity contribution in [1.82, 2.24) is 0 Å². The second kappa shape index (κ2) is 9.89. The molecule has 194 valence electrons. The Morgan fingerprint density at radius 3 is 2.64 bits per heavy atom. The minimum atomic E-state index is -2.77. The van der Waals surface area contributed by atoms with Gasteiger partial charge >= 0.3 is 0 Å². The second-order valence-electron chi connectivity index (χ2n) is 10.3. The van der Waals surface area contributed by atoms with Crippen molar-refractivity contribution in [2.45, 2.75) is 63.3 Å². The van der Waals surface area contributed by atoms with E-state index in [2.05, 4.69) is 5.32 Å². The highest BCUT2D eigenvalue weighted by Crippen LogP contribution is 2.60. The highest BCUT2D eigenvalue weighted by atomic mass is 35.5. The van der Waals surface area contributed by atoms with Crippen LogP contribution >= 0.6 is 11.6 Å². The fourth-order valence-corrected chi connectivity index (χ4v) is 8.56. The fourth-order valence-electron chi connectivity index (χ4n) is 5.78. The van der Waals surface area contributed by atoms with Gasteiger partial charge in [0.15, 0.2) is 13.9 Å². The number of ether oxygens (including phenoxy) is 1. The highest BCUT2D eigenvalue weighted by molar-refractivity contribution is 6.71. The van der Waals surface area contributed by atoms with Crippen molar-refractivity contribution in [3.8, 4) is 0 Å². The Bertz CT molecular complexity index is 1170. The normalized spacial score (nSPS) is 26.4. The van der Waals surface area contributed by atoms with Crippen molar-refractivity contribution >= 4 is 43.1 Å². The number of anilines is 2. The van der Waals surface area contributed by atoms with E-state index in [9.17, 15) is 24.6 Å². The standard InChI is InChI=1S/C26H33ClN2O6Si/c1-15-23(36(3,4)34)22(10-11-30)35-26(15)20-13-18(27)8-9-21(20)29(25(26)33)14-17-6-5-7-19(12-17)28-24(32)16(2)31/h5-9,12-13,15-16,22-23,30-31,34H,10-11,14H2,1-4H3,(H,28,32)/t15-,16+,22+,23-,26+/m1/s1. The second-order valence-corrected chi connectivity index (χ2v) is 14.7. The molecular formula is C26H33ClN2O6Si. The summed E-state index contributed by atoms with van der Waals surface area (Å²) in [7, 11) is -2.77. The van der Waals surface area contributed by atoms with Crippen molar-refractivity contribution in [3.05, 3.63) is 58.6 Å². The number of nitrogens with one attached hydrogen (secondary N) is 1. The van der Waals surface area contributed by atoms with Gasteiger partial charge in [-0.25, -0.2) is 0 Å². The first-order valence-electron chi connectivity index (χ1n) is 12.1. The molecule has 10 heteroatoms. The summed E-state index contributed by atoms with van der Waals surface area (Å²) in [6, 6.07) is 12.4. The molecule has 2 aliphatic rings. The Labute approximate surface area is 217 Å². The van der Waals surface area contributed by atoms with Crippen LogP contribution in [-0.4, -0.2) is 54.0 Å². The number of nitrogens with zero attached hydrogens (tertiary/aromatic N) is 1. The van der Waals surface area contributed by atoms with Gasteiger partial charge in [0.1, 0.15) is 6.10 Å². The lowest BCUT2D eigenvalue weighted by molar-refractivity contribution is -0.146. The van der Waals surface area contributed by atoms with E-state index >= 15 is 0 Å². The number of benzene rings is 2. The molecule has 8 nitrogen and oxygen atoms in total. The molecule has 0 aromatic heterocycles. The molecule has 4 N–H and O–H groups in total.